The number of benzene rings is 2. The molecule has 0 aliphatic rings. The van der Waals surface area contributed by atoms with E-state index in [0.717, 1.165) is 29.2 Å². The van der Waals surface area contributed by atoms with Crippen LogP contribution in [0.3, 0.4) is 0 Å². The van der Waals surface area contributed by atoms with Gasteiger partial charge in [0.25, 0.3) is 5.91 Å². The molecule has 170 valence electrons. The minimum Gasteiger partial charge on any atom is -0.490 e. The normalized spacial score (nSPS) is 11.9. The Balaban J connectivity index is 2.06. The molecule has 0 bridgehead atoms. The average Bonchev–Trinajstić information content (AvgIpc) is 3.04. The zero-order valence-electron chi connectivity index (χ0n) is 19.1. The molecule has 0 aliphatic heterocycles. The summed E-state index contributed by atoms with van der Waals surface area (Å²) in [6.45, 7) is 7.73. The average molecular weight is 441 g/mol. The SMILES string of the molecule is CCC[C@H](C)Oc1cc(-n2nc(CC)n(C)c2=O)c(F)cc1C(=O)Nc1ccc(C)cc1. The van der Waals surface area contributed by atoms with E-state index in [0.29, 0.717) is 17.9 Å². The predicted octanol–water partition coefficient (Wildman–Crippen LogP) is 4.40. The Morgan fingerprint density at radius 3 is 2.50 bits per heavy atom. The molecule has 2 aromatic carbocycles. The van der Waals surface area contributed by atoms with Gasteiger partial charge in [-0.3, -0.25) is 9.36 Å². The number of anilines is 1. The first-order valence-electron chi connectivity index (χ1n) is 10.8. The molecule has 0 aliphatic carbocycles. The number of carbonyl (C=O) groups is 1. The number of rotatable bonds is 8. The van der Waals surface area contributed by atoms with Gasteiger partial charge in [-0.1, -0.05) is 38.0 Å². The highest BCUT2D eigenvalue weighted by Gasteiger charge is 2.22. The quantitative estimate of drug-likeness (QED) is 0.563. The number of carbonyl (C=O) groups excluding carboxylic acids is 1. The maximum absolute atomic E-state index is 15.1. The van der Waals surface area contributed by atoms with Crippen molar-refractivity contribution in [1.82, 2.24) is 14.3 Å². The van der Waals surface area contributed by atoms with E-state index in [1.165, 1.54) is 10.6 Å². The fourth-order valence-electron chi connectivity index (χ4n) is 3.44. The smallest absolute Gasteiger partial charge is 0.350 e. The molecule has 0 fully saturated rings. The number of ether oxygens (including phenoxy) is 1. The standard InChI is InChI=1S/C24H29FN4O3/c1-6-8-16(4)32-21-14-20(29-24(31)28(5)22(7-2)27-29)19(25)13-18(21)23(30)26-17-11-9-15(3)10-12-17/h9-14,16H,6-8H2,1-5H3,(H,26,30)/t16-/m0/s1. The Labute approximate surface area is 186 Å². The van der Waals surface area contributed by atoms with Crippen LogP contribution in [-0.2, 0) is 13.5 Å². The summed E-state index contributed by atoms with van der Waals surface area (Å²) in [5, 5.41) is 7.01. The van der Waals surface area contributed by atoms with E-state index in [1.807, 2.05) is 39.8 Å². The number of nitrogens with one attached hydrogen (secondary N) is 1. The van der Waals surface area contributed by atoms with Gasteiger partial charge in [0.2, 0.25) is 0 Å². The molecule has 1 N–H and O–H groups in total. The van der Waals surface area contributed by atoms with Gasteiger partial charge in [0.1, 0.15) is 23.1 Å². The molecule has 8 heteroatoms. The highest BCUT2D eigenvalue weighted by Crippen LogP contribution is 2.28. The minimum atomic E-state index is -0.739. The Morgan fingerprint density at radius 1 is 1.22 bits per heavy atom. The van der Waals surface area contributed by atoms with Gasteiger partial charge in [-0.25, -0.2) is 9.18 Å². The third kappa shape index (κ3) is 4.90. The fourth-order valence-corrected chi connectivity index (χ4v) is 3.44. The first-order chi connectivity index (χ1) is 15.2. The lowest BCUT2D eigenvalue weighted by Crippen LogP contribution is -2.24. The number of aryl methyl sites for hydroxylation is 2. The van der Waals surface area contributed by atoms with Gasteiger partial charge in [-0.05, 0) is 38.5 Å². The van der Waals surface area contributed by atoms with Crippen molar-refractivity contribution < 1.29 is 13.9 Å². The van der Waals surface area contributed by atoms with Crippen LogP contribution < -0.4 is 15.7 Å². The summed E-state index contributed by atoms with van der Waals surface area (Å²) in [6.07, 6.45) is 1.97. The number of aromatic nitrogens is 3. The molecule has 1 atom stereocenters. The van der Waals surface area contributed by atoms with Gasteiger partial charge in [-0.15, -0.1) is 5.10 Å². The molecule has 3 rings (SSSR count). The van der Waals surface area contributed by atoms with Crippen molar-refractivity contribution in [2.75, 3.05) is 5.32 Å². The highest BCUT2D eigenvalue weighted by molar-refractivity contribution is 6.06. The second-order valence-electron chi connectivity index (χ2n) is 7.86. The number of amides is 1. The lowest BCUT2D eigenvalue weighted by molar-refractivity contribution is 0.101. The van der Waals surface area contributed by atoms with Crippen molar-refractivity contribution in [2.24, 2.45) is 7.05 Å². The molecule has 0 spiro atoms. The largest absolute Gasteiger partial charge is 0.490 e. The molecule has 1 heterocycles. The second kappa shape index (κ2) is 9.80. The Bertz CT molecular complexity index is 1170. The van der Waals surface area contributed by atoms with Crippen LogP contribution in [0.5, 0.6) is 5.75 Å². The van der Waals surface area contributed by atoms with Crippen LogP contribution in [0.4, 0.5) is 10.1 Å². The van der Waals surface area contributed by atoms with Crippen LogP contribution in [0, 0.1) is 12.7 Å². The molecule has 0 saturated carbocycles. The third-order valence-corrected chi connectivity index (χ3v) is 5.24. The van der Waals surface area contributed by atoms with Crippen molar-refractivity contribution in [3.8, 4) is 11.4 Å². The molecular weight excluding hydrogens is 411 g/mol. The van der Waals surface area contributed by atoms with Crippen LogP contribution >= 0.6 is 0 Å². The van der Waals surface area contributed by atoms with Gasteiger partial charge < -0.3 is 10.1 Å². The van der Waals surface area contributed by atoms with Gasteiger partial charge in [0.15, 0.2) is 0 Å². The molecular formula is C24H29FN4O3. The zero-order chi connectivity index (χ0) is 23.4. The number of nitrogens with zero attached hydrogens (tertiary/aromatic N) is 3. The van der Waals surface area contributed by atoms with Crippen LogP contribution in [0.1, 0.15) is 55.4 Å². The van der Waals surface area contributed by atoms with Crippen molar-refractivity contribution in [3.63, 3.8) is 0 Å². The zero-order valence-corrected chi connectivity index (χ0v) is 19.1. The summed E-state index contributed by atoms with van der Waals surface area (Å²) in [5.41, 5.74) is 1.17. The van der Waals surface area contributed by atoms with Gasteiger partial charge in [-0.2, -0.15) is 4.68 Å². The highest BCUT2D eigenvalue weighted by atomic mass is 19.1. The number of halogens is 1. The molecule has 0 radical (unpaired) electrons. The van der Waals surface area contributed by atoms with Crippen LogP contribution in [-0.4, -0.2) is 26.4 Å². The summed E-state index contributed by atoms with van der Waals surface area (Å²) in [6, 6.07) is 9.77. The maximum Gasteiger partial charge on any atom is 0.350 e. The summed E-state index contributed by atoms with van der Waals surface area (Å²) >= 11 is 0. The number of hydrogen-bond acceptors (Lipinski definition) is 4. The van der Waals surface area contributed by atoms with E-state index in [-0.39, 0.29) is 23.1 Å². The van der Waals surface area contributed by atoms with E-state index in [4.69, 9.17) is 4.74 Å². The van der Waals surface area contributed by atoms with Gasteiger partial charge >= 0.3 is 5.69 Å². The van der Waals surface area contributed by atoms with E-state index in [1.54, 1.807) is 19.2 Å². The van der Waals surface area contributed by atoms with Crippen molar-refractivity contribution in [2.45, 2.75) is 53.1 Å². The van der Waals surface area contributed by atoms with E-state index >= 15 is 4.39 Å². The Morgan fingerprint density at radius 2 is 1.91 bits per heavy atom. The number of hydrogen-bond donors (Lipinski definition) is 1. The minimum absolute atomic E-state index is 0.0504. The van der Waals surface area contributed by atoms with Crippen LogP contribution in [0.25, 0.3) is 5.69 Å². The third-order valence-electron chi connectivity index (χ3n) is 5.24. The van der Waals surface area contributed by atoms with E-state index < -0.39 is 17.4 Å². The molecule has 0 unspecified atom stereocenters. The van der Waals surface area contributed by atoms with Crippen LogP contribution in [0.15, 0.2) is 41.2 Å². The van der Waals surface area contributed by atoms with Crippen molar-refractivity contribution >= 4 is 11.6 Å². The Kier molecular flexibility index (Phi) is 7.12. The molecule has 0 saturated heterocycles. The maximum atomic E-state index is 15.1. The lowest BCUT2D eigenvalue weighted by atomic mass is 10.1. The topological polar surface area (TPSA) is 78.2 Å². The lowest BCUT2D eigenvalue weighted by Gasteiger charge is -2.18. The molecule has 3 aromatic rings. The molecule has 1 amide bonds. The predicted molar refractivity (Wildman–Crippen MR) is 122 cm³/mol. The summed E-state index contributed by atoms with van der Waals surface area (Å²) in [7, 11) is 1.59. The summed E-state index contributed by atoms with van der Waals surface area (Å²) < 4.78 is 23.5. The van der Waals surface area contributed by atoms with Crippen molar-refractivity contribution in [3.05, 3.63) is 69.7 Å². The fraction of sp³-hybridized carbons (Fsp3) is 0.375. The Hall–Kier alpha value is -3.42. The molecule has 32 heavy (non-hydrogen) atoms. The van der Waals surface area contributed by atoms with Gasteiger partial charge in [0.05, 0.1) is 11.7 Å². The summed E-state index contributed by atoms with van der Waals surface area (Å²) in [4.78, 5) is 25.6. The van der Waals surface area contributed by atoms with E-state index in [9.17, 15) is 9.59 Å². The van der Waals surface area contributed by atoms with Gasteiger partial charge in [0, 0.05) is 25.2 Å². The first-order valence-corrected chi connectivity index (χ1v) is 10.8. The monoisotopic (exact) mass is 440 g/mol. The van der Waals surface area contributed by atoms with E-state index in [2.05, 4.69) is 10.4 Å². The first kappa shape index (κ1) is 23.2. The molecule has 7 nitrogen and oxygen atoms in total. The second-order valence-corrected chi connectivity index (χ2v) is 7.86. The van der Waals surface area contributed by atoms with Crippen molar-refractivity contribution in [1.29, 1.82) is 0 Å². The summed E-state index contributed by atoms with van der Waals surface area (Å²) in [5.74, 6) is -0.516. The molecule has 1 aromatic heterocycles. The van der Waals surface area contributed by atoms with Crippen LogP contribution in [0.2, 0.25) is 0 Å².